The van der Waals surface area contributed by atoms with Crippen molar-refractivity contribution in [3.05, 3.63) is 76.4 Å². The van der Waals surface area contributed by atoms with Crippen LogP contribution < -0.4 is 11.1 Å². The molecule has 3 aromatic rings. The van der Waals surface area contributed by atoms with Crippen molar-refractivity contribution < 1.29 is 35.8 Å². The van der Waals surface area contributed by atoms with Crippen LogP contribution in [-0.4, -0.2) is 28.0 Å². The number of aliphatic hydroxyl groups is 1. The molecule has 3 N–H and O–H groups in total. The smallest absolute Gasteiger partial charge is 0.377 e. The van der Waals surface area contributed by atoms with Crippen LogP contribution in [0, 0.1) is 11.6 Å². The topological polar surface area (TPSA) is 72.8 Å². The van der Waals surface area contributed by atoms with E-state index in [2.05, 4.69) is 21.2 Å². The Morgan fingerprint density at radius 3 is 2.32 bits per heavy atom. The number of nitrogens with one attached hydrogen (secondary N) is 2. The summed E-state index contributed by atoms with van der Waals surface area (Å²) in [6.45, 7) is -0.942. The van der Waals surface area contributed by atoms with E-state index in [0.29, 0.717) is 23.5 Å². The Hall–Kier alpha value is -3.23. The van der Waals surface area contributed by atoms with Crippen LogP contribution in [0.15, 0.2) is 53.8 Å². The average Bonchev–Trinajstić information content (AvgIpc) is 3.45. The van der Waals surface area contributed by atoms with Gasteiger partial charge in [0, 0.05) is 28.3 Å². The van der Waals surface area contributed by atoms with E-state index < -0.39 is 52.0 Å². The van der Waals surface area contributed by atoms with Crippen molar-refractivity contribution in [2.24, 2.45) is 5.10 Å². The lowest BCUT2D eigenvalue weighted by atomic mass is 9.84. The number of pyridine rings is 1. The number of rotatable bonds is 6. The van der Waals surface area contributed by atoms with Gasteiger partial charge < -0.3 is 5.11 Å². The molecule has 1 aromatic carbocycles. The van der Waals surface area contributed by atoms with Crippen LogP contribution in [0.5, 0.6) is 0 Å². The zero-order chi connectivity index (χ0) is 24.7. The van der Waals surface area contributed by atoms with Crippen molar-refractivity contribution in [2.45, 2.75) is 17.7 Å². The second-order valence-electron chi connectivity index (χ2n) is 7.25. The third-order valence-corrected chi connectivity index (χ3v) is 6.18. The van der Waals surface area contributed by atoms with E-state index >= 15 is 8.78 Å². The number of hydrogen-bond donors (Lipinski definition) is 3. The van der Waals surface area contributed by atoms with E-state index in [4.69, 9.17) is 0 Å². The number of alkyl halides is 5. The maximum absolute atomic E-state index is 15.7. The van der Waals surface area contributed by atoms with Gasteiger partial charge in [-0.1, -0.05) is 0 Å². The third-order valence-electron chi connectivity index (χ3n) is 5.01. The lowest BCUT2D eigenvalue weighted by Gasteiger charge is -2.38. The Labute approximate surface area is 191 Å². The van der Waals surface area contributed by atoms with Crippen molar-refractivity contribution in [1.29, 1.82) is 0 Å². The van der Waals surface area contributed by atoms with Gasteiger partial charge in [0.1, 0.15) is 28.5 Å². The molecule has 0 fully saturated rings. The first-order chi connectivity index (χ1) is 15.9. The molecule has 0 radical (unpaired) electrons. The number of thiophene rings is 1. The number of β-amino-alcohol motifs (C(OH)–C–C–N with tert-alkyl or cyclic N) is 1. The minimum Gasteiger partial charge on any atom is -0.377 e. The molecule has 2 aromatic heterocycles. The van der Waals surface area contributed by atoms with Crippen LogP contribution in [0.2, 0.25) is 0 Å². The molecule has 0 bridgehead atoms. The maximum Gasteiger partial charge on any atom is 0.425 e. The van der Waals surface area contributed by atoms with Crippen molar-refractivity contribution >= 4 is 17.7 Å². The van der Waals surface area contributed by atoms with Crippen molar-refractivity contribution in [2.75, 3.05) is 6.54 Å². The maximum atomic E-state index is 15.7. The van der Waals surface area contributed by atoms with Crippen molar-refractivity contribution in [3.63, 3.8) is 0 Å². The molecule has 0 amide bonds. The monoisotopic (exact) mass is 505 g/mol. The molecule has 0 saturated carbocycles. The number of hydrazine groups is 2. The zero-order valence-electron chi connectivity index (χ0n) is 16.7. The Kier molecular flexibility index (Phi) is 5.99. The predicted molar refractivity (Wildman–Crippen MR) is 108 cm³/mol. The summed E-state index contributed by atoms with van der Waals surface area (Å²) in [4.78, 5) is 2.91. The van der Waals surface area contributed by atoms with E-state index in [-0.39, 0.29) is 10.4 Å². The van der Waals surface area contributed by atoms with Gasteiger partial charge in [-0.25, -0.2) is 14.3 Å². The van der Waals surface area contributed by atoms with Gasteiger partial charge in [0.25, 0.3) is 0 Å². The number of hydrogen-bond acceptors (Lipinski definition) is 7. The molecule has 0 aliphatic carbocycles. The summed E-state index contributed by atoms with van der Waals surface area (Å²) in [5.41, 5.74) is -0.441. The number of nitrogens with zero attached hydrogens (tertiary/aromatic N) is 3. The van der Waals surface area contributed by atoms with Crippen molar-refractivity contribution in [1.82, 2.24) is 21.1 Å². The Morgan fingerprint density at radius 2 is 1.76 bits per heavy atom. The van der Waals surface area contributed by atoms with E-state index in [0.717, 1.165) is 41.8 Å². The first-order valence-electron chi connectivity index (χ1n) is 9.42. The molecule has 6 nitrogen and oxygen atoms in total. The molecule has 34 heavy (non-hydrogen) atoms. The highest BCUT2D eigenvalue weighted by Gasteiger charge is 2.58. The molecular weight excluding hydrogens is 491 g/mol. The molecule has 1 aliphatic rings. The Balaban J connectivity index is 1.72. The molecule has 1 atom stereocenters. The second kappa shape index (κ2) is 8.52. The largest absolute Gasteiger partial charge is 0.425 e. The fourth-order valence-corrected chi connectivity index (χ4v) is 4.17. The molecular formula is C20H14F7N5OS. The highest BCUT2D eigenvalue weighted by molar-refractivity contribution is 7.15. The third kappa shape index (κ3) is 4.31. The predicted octanol–water partition coefficient (Wildman–Crippen LogP) is 4.35. The summed E-state index contributed by atoms with van der Waals surface area (Å²) in [5, 5.41) is 15.6. The number of halogens is 7. The van der Waals surface area contributed by atoms with Gasteiger partial charge in [0.15, 0.2) is 5.60 Å². The van der Waals surface area contributed by atoms with E-state index in [1.807, 2.05) is 0 Å². The van der Waals surface area contributed by atoms with Gasteiger partial charge in [-0.3, -0.25) is 9.99 Å². The average molecular weight is 505 g/mol. The van der Waals surface area contributed by atoms with Gasteiger partial charge in [-0.15, -0.1) is 16.9 Å². The molecule has 0 saturated heterocycles. The van der Waals surface area contributed by atoms with Gasteiger partial charge in [-0.05, 0) is 36.4 Å². The molecule has 180 valence electrons. The summed E-state index contributed by atoms with van der Waals surface area (Å²) >= 11 is 0.410. The first kappa shape index (κ1) is 23.9. The fourth-order valence-electron chi connectivity index (χ4n) is 3.31. The van der Waals surface area contributed by atoms with E-state index in [1.54, 1.807) is 0 Å². The summed E-state index contributed by atoms with van der Waals surface area (Å²) in [7, 11) is 0. The quantitative estimate of drug-likeness (QED) is 0.435. The lowest BCUT2D eigenvalue weighted by molar-refractivity contribution is -0.206. The summed E-state index contributed by atoms with van der Waals surface area (Å²) < 4.78 is 97.8. The van der Waals surface area contributed by atoms with Crippen LogP contribution in [0.1, 0.15) is 16.1 Å². The molecule has 0 spiro atoms. The summed E-state index contributed by atoms with van der Waals surface area (Å²) in [5.74, 6) is -6.69. The summed E-state index contributed by atoms with van der Waals surface area (Å²) in [6, 6.07) is 5.73. The van der Waals surface area contributed by atoms with Gasteiger partial charge >= 0.3 is 12.1 Å². The minimum absolute atomic E-state index is 0.133. The fraction of sp³-hybridized carbons (Fsp3) is 0.200. The molecule has 3 heterocycles. The minimum atomic E-state index is -4.55. The van der Waals surface area contributed by atoms with Crippen LogP contribution in [0.25, 0.3) is 10.4 Å². The first-order valence-corrected chi connectivity index (χ1v) is 10.2. The molecule has 14 heteroatoms. The van der Waals surface area contributed by atoms with Crippen LogP contribution in [0.4, 0.5) is 30.7 Å². The van der Waals surface area contributed by atoms with E-state index in [1.165, 1.54) is 6.07 Å². The zero-order valence-corrected chi connectivity index (χ0v) is 17.6. The van der Waals surface area contributed by atoms with Crippen molar-refractivity contribution in [3.8, 4) is 10.4 Å². The molecule has 1 unspecified atom stereocenters. The highest BCUT2D eigenvalue weighted by Crippen LogP contribution is 2.46. The highest BCUT2D eigenvalue weighted by atomic mass is 32.1. The number of hydrazone groups is 1. The number of aromatic nitrogens is 1. The SMILES string of the molecule is OC(CN1C=NNN1)(c1ccc(F)cc1F)C(F)(F)c1ccc(-c2ccc(C(F)(F)F)s2)cn1. The Bertz CT molecular complexity index is 1210. The standard InChI is InChI=1S/C20H14F7N5OS/c21-12-2-3-13(14(22)7-12)18(33,9-32-10-29-30-31-32)19(23,24)16-5-1-11(8-28-16)15-4-6-17(34-15)20(25,26)27/h1-8,10,30-31,33H,9H2. The molecule has 4 rings (SSSR count). The van der Waals surface area contributed by atoms with Gasteiger partial charge in [0.2, 0.25) is 0 Å². The Morgan fingerprint density at radius 1 is 1.00 bits per heavy atom. The van der Waals surface area contributed by atoms with Gasteiger partial charge in [0.05, 0.1) is 6.54 Å². The number of benzene rings is 1. The van der Waals surface area contributed by atoms with Gasteiger partial charge in [-0.2, -0.15) is 27.1 Å². The second-order valence-corrected chi connectivity index (χ2v) is 8.33. The van der Waals surface area contributed by atoms with E-state index in [9.17, 15) is 27.1 Å². The van der Waals surface area contributed by atoms with Crippen LogP contribution >= 0.6 is 11.3 Å². The van der Waals surface area contributed by atoms with Crippen LogP contribution in [0.3, 0.4) is 0 Å². The lowest BCUT2D eigenvalue weighted by Crippen LogP contribution is -2.54. The van der Waals surface area contributed by atoms with Crippen LogP contribution in [-0.2, 0) is 17.7 Å². The normalized spacial score (nSPS) is 15.9. The molecule has 1 aliphatic heterocycles. The summed E-state index contributed by atoms with van der Waals surface area (Å²) in [6.07, 6.45) is -2.61.